The summed E-state index contributed by atoms with van der Waals surface area (Å²) in [6.45, 7) is 3.35. The Bertz CT molecular complexity index is 511. The molecular weight excluding hydrogens is 411 g/mol. The zero-order valence-electron chi connectivity index (χ0n) is 11.2. The maximum atomic E-state index is 11.8. The zero-order valence-corrected chi connectivity index (χ0v) is 15.1. The Labute approximate surface area is 142 Å². The van der Waals surface area contributed by atoms with E-state index in [1.165, 1.54) is 0 Å². The lowest BCUT2D eigenvalue weighted by molar-refractivity contribution is 0.126. The molecule has 0 bridgehead atoms. The SMILES string of the molecule is CC(=N)/C(NC(=O)O[C@H](C)C1=CCCC=C1Cl)=C(\[SH2+])I. The maximum Gasteiger partial charge on any atom is 0.412 e. The fourth-order valence-electron chi connectivity index (χ4n) is 1.69. The van der Waals surface area contributed by atoms with E-state index in [9.17, 15) is 4.79 Å². The highest BCUT2D eigenvalue weighted by molar-refractivity contribution is 14.1. The second kappa shape index (κ2) is 8.09. The first-order valence-corrected chi connectivity index (χ1v) is 7.99. The Kier molecular flexibility index (Phi) is 7.11. The van der Waals surface area contributed by atoms with Crippen LogP contribution in [0.2, 0.25) is 0 Å². The summed E-state index contributed by atoms with van der Waals surface area (Å²) < 4.78 is 5.93. The molecule has 0 aromatic heterocycles. The molecule has 1 aliphatic rings. The summed E-state index contributed by atoms with van der Waals surface area (Å²) in [5, 5.41) is 10.8. The molecule has 0 fully saturated rings. The number of alkyl carbamates (subject to hydrolysis) is 1. The zero-order chi connectivity index (χ0) is 15.3. The van der Waals surface area contributed by atoms with Crippen molar-refractivity contribution in [3.05, 3.63) is 31.4 Å². The van der Waals surface area contributed by atoms with Crippen molar-refractivity contribution in [2.75, 3.05) is 0 Å². The number of carbonyl (C=O) groups excluding carboxylic acids is 1. The summed E-state index contributed by atoms with van der Waals surface area (Å²) in [5.41, 5.74) is 1.45. The van der Waals surface area contributed by atoms with Gasteiger partial charge in [0.15, 0.2) is 0 Å². The predicted molar refractivity (Wildman–Crippen MR) is 94.9 cm³/mol. The van der Waals surface area contributed by atoms with Crippen LogP contribution in [0.4, 0.5) is 4.79 Å². The first kappa shape index (κ1) is 17.6. The van der Waals surface area contributed by atoms with E-state index in [4.69, 9.17) is 21.7 Å². The molecule has 0 heterocycles. The van der Waals surface area contributed by atoms with Gasteiger partial charge in [-0.2, -0.15) is 0 Å². The number of amides is 1. The maximum absolute atomic E-state index is 11.8. The fraction of sp³-hybridized carbons (Fsp3) is 0.385. The van der Waals surface area contributed by atoms with Crippen LogP contribution in [0.5, 0.6) is 0 Å². The molecule has 1 amide bonds. The van der Waals surface area contributed by atoms with Crippen LogP contribution in [-0.2, 0) is 17.4 Å². The van der Waals surface area contributed by atoms with Gasteiger partial charge in [0, 0.05) is 45.8 Å². The summed E-state index contributed by atoms with van der Waals surface area (Å²) in [6.07, 6.45) is 4.66. The normalized spacial score (nSPS) is 17.4. The largest absolute Gasteiger partial charge is 0.441 e. The van der Waals surface area contributed by atoms with Crippen molar-refractivity contribution >= 4 is 58.6 Å². The molecule has 4 nitrogen and oxygen atoms in total. The first-order valence-electron chi connectivity index (χ1n) is 6.03. The van der Waals surface area contributed by atoms with Crippen molar-refractivity contribution in [1.29, 1.82) is 5.41 Å². The number of hydrogen-bond donors (Lipinski definition) is 2. The van der Waals surface area contributed by atoms with Gasteiger partial charge in [0.05, 0.1) is 5.71 Å². The summed E-state index contributed by atoms with van der Waals surface area (Å²) in [6, 6.07) is 0. The predicted octanol–water partition coefficient (Wildman–Crippen LogP) is 3.60. The van der Waals surface area contributed by atoms with Crippen molar-refractivity contribution in [2.45, 2.75) is 32.8 Å². The molecular formula is C13H17ClIN2O2S+. The van der Waals surface area contributed by atoms with Gasteiger partial charge < -0.3 is 10.1 Å². The van der Waals surface area contributed by atoms with Crippen molar-refractivity contribution in [1.82, 2.24) is 5.32 Å². The van der Waals surface area contributed by atoms with E-state index in [1.54, 1.807) is 13.8 Å². The third kappa shape index (κ3) is 5.14. The highest BCUT2D eigenvalue weighted by Gasteiger charge is 2.20. The van der Waals surface area contributed by atoms with Gasteiger partial charge in [0.2, 0.25) is 2.91 Å². The van der Waals surface area contributed by atoms with Crippen molar-refractivity contribution in [2.24, 2.45) is 0 Å². The van der Waals surface area contributed by atoms with Gasteiger partial charge in [0.1, 0.15) is 11.8 Å². The van der Waals surface area contributed by atoms with E-state index in [1.807, 2.05) is 34.7 Å². The standard InChI is InChI=1S/C13H16ClIN2O2S/c1-7(16)11(12(15)20)17-13(18)19-8(2)9-5-3-4-6-10(9)14/h5-6,8,16,20H,3-4H2,1-2H3,(H,17,18)/p+1/b12-11+,16-7?/t8-/m1/s1. The quantitative estimate of drug-likeness (QED) is 0.409. The average Bonchev–Trinajstić information content (AvgIpc) is 2.35. The minimum absolute atomic E-state index is 0.240. The van der Waals surface area contributed by atoms with Crippen molar-refractivity contribution < 1.29 is 9.53 Å². The number of hydrogen-bond acceptors (Lipinski definition) is 3. The number of ether oxygens (including phenoxy) is 1. The minimum atomic E-state index is -0.609. The van der Waals surface area contributed by atoms with Gasteiger partial charge in [0.25, 0.3) is 0 Å². The second-order valence-corrected chi connectivity index (χ2v) is 7.28. The minimum Gasteiger partial charge on any atom is -0.441 e. The van der Waals surface area contributed by atoms with Gasteiger partial charge in [-0.05, 0) is 26.7 Å². The molecule has 0 aromatic carbocycles. The van der Waals surface area contributed by atoms with Crippen LogP contribution in [0.3, 0.4) is 0 Å². The van der Waals surface area contributed by atoms with Crippen LogP contribution in [0.15, 0.2) is 31.4 Å². The van der Waals surface area contributed by atoms with E-state index in [2.05, 4.69) is 17.9 Å². The number of nitrogens with one attached hydrogen (secondary N) is 2. The Morgan fingerprint density at radius 3 is 2.65 bits per heavy atom. The van der Waals surface area contributed by atoms with Crippen LogP contribution in [-0.4, -0.2) is 17.9 Å². The molecule has 0 unspecified atom stereocenters. The van der Waals surface area contributed by atoms with Crippen molar-refractivity contribution in [3.63, 3.8) is 0 Å². The molecule has 1 aliphatic carbocycles. The molecule has 0 saturated carbocycles. The van der Waals surface area contributed by atoms with Gasteiger partial charge in [-0.25, -0.2) is 4.79 Å². The Hall–Kier alpha value is -0.470. The molecule has 0 spiro atoms. The molecule has 7 heteroatoms. The molecule has 1 rings (SSSR count). The smallest absolute Gasteiger partial charge is 0.412 e. The highest BCUT2D eigenvalue weighted by atomic mass is 127. The summed E-state index contributed by atoms with van der Waals surface area (Å²) >= 11 is 11.4. The van der Waals surface area contributed by atoms with Gasteiger partial charge >= 0.3 is 6.09 Å². The molecule has 0 saturated heterocycles. The van der Waals surface area contributed by atoms with E-state index in [0.717, 1.165) is 18.4 Å². The van der Waals surface area contributed by atoms with E-state index in [0.29, 0.717) is 13.6 Å². The van der Waals surface area contributed by atoms with E-state index >= 15 is 0 Å². The summed E-state index contributed by atoms with van der Waals surface area (Å²) in [7, 11) is 0. The molecule has 110 valence electrons. The van der Waals surface area contributed by atoms with Gasteiger partial charge in [-0.3, -0.25) is 5.32 Å². The fourth-order valence-corrected chi connectivity index (χ4v) is 2.82. The topological polar surface area (TPSA) is 62.2 Å². The number of halogens is 2. The molecule has 20 heavy (non-hydrogen) atoms. The second-order valence-electron chi connectivity index (χ2n) is 4.28. The lowest BCUT2D eigenvalue weighted by atomic mass is 10.0. The molecule has 0 aliphatic heterocycles. The average molecular weight is 428 g/mol. The third-order valence-electron chi connectivity index (χ3n) is 2.67. The molecule has 1 atom stereocenters. The Morgan fingerprint density at radius 1 is 1.55 bits per heavy atom. The summed E-state index contributed by atoms with van der Waals surface area (Å²) in [5.74, 6) is 0. The van der Waals surface area contributed by atoms with Crippen LogP contribution < -0.4 is 5.32 Å². The number of carbonyl (C=O) groups is 1. The van der Waals surface area contributed by atoms with E-state index in [-0.39, 0.29) is 5.71 Å². The van der Waals surface area contributed by atoms with Crippen LogP contribution in [0.25, 0.3) is 0 Å². The third-order valence-corrected chi connectivity index (χ3v) is 3.84. The highest BCUT2D eigenvalue weighted by Crippen LogP contribution is 2.26. The Balaban J connectivity index is 2.67. The van der Waals surface area contributed by atoms with Crippen molar-refractivity contribution in [3.8, 4) is 0 Å². The van der Waals surface area contributed by atoms with Crippen LogP contribution in [0, 0.1) is 5.41 Å². The van der Waals surface area contributed by atoms with Crippen LogP contribution >= 0.6 is 34.2 Å². The number of rotatable bonds is 4. The number of allylic oxidation sites excluding steroid dienone is 3. The monoisotopic (exact) mass is 427 g/mol. The van der Waals surface area contributed by atoms with Gasteiger partial charge in [-0.15, -0.1) is 0 Å². The molecule has 2 N–H and O–H groups in total. The first-order chi connectivity index (χ1) is 9.32. The summed E-state index contributed by atoms with van der Waals surface area (Å²) in [4.78, 5) is 11.8. The molecule has 0 aromatic rings. The Morgan fingerprint density at radius 2 is 2.15 bits per heavy atom. The lowest BCUT2D eigenvalue weighted by Gasteiger charge is -2.19. The van der Waals surface area contributed by atoms with E-state index < -0.39 is 12.2 Å². The lowest BCUT2D eigenvalue weighted by Crippen LogP contribution is -2.31. The van der Waals surface area contributed by atoms with Crippen LogP contribution in [0.1, 0.15) is 26.7 Å². The van der Waals surface area contributed by atoms with Gasteiger partial charge in [-0.1, -0.05) is 23.8 Å². The molecule has 0 radical (unpaired) electrons.